The van der Waals surface area contributed by atoms with Crippen LogP contribution >= 0.6 is 15.9 Å². The topological polar surface area (TPSA) is 64.6 Å². The normalized spacial score (nSPS) is 12.4. The van der Waals surface area contributed by atoms with Crippen molar-refractivity contribution in [3.8, 4) is 0 Å². The Bertz CT molecular complexity index is 537. The minimum absolute atomic E-state index is 0.106. The highest BCUT2D eigenvalue weighted by Crippen LogP contribution is 2.14. The van der Waals surface area contributed by atoms with Crippen molar-refractivity contribution in [2.24, 2.45) is 0 Å². The zero-order valence-electron chi connectivity index (χ0n) is 14.7. The number of rotatable bonds is 7. The van der Waals surface area contributed by atoms with E-state index < -0.39 is 11.7 Å². The Morgan fingerprint density at radius 2 is 1.83 bits per heavy atom. The van der Waals surface area contributed by atoms with E-state index in [0.29, 0.717) is 13.0 Å². The summed E-state index contributed by atoms with van der Waals surface area (Å²) in [4.78, 5) is 23.9. The molecule has 0 aliphatic carbocycles. The number of carbonyl (C=O) groups excluding carboxylic acids is 2. The molecule has 1 rings (SSSR count). The van der Waals surface area contributed by atoms with E-state index in [1.54, 1.807) is 20.8 Å². The van der Waals surface area contributed by atoms with E-state index >= 15 is 0 Å². The lowest BCUT2D eigenvalue weighted by Gasteiger charge is -2.23. The van der Waals surface area contributed by atoms with Gasteiger partial charge in [0.1, 0.15) is 5.60 Å². The highest BCUT2D eigenvalue weighted by molar-refractivity contribution is 9.10. The van der Waals surface area contributed by atoms with E-state index in [0.717, 1.165) is 16.5 Å². The lowest BCUT2D eigenvalue weighted by molar-refractivity contribution is -0.144. The van der Waals surface area contributed by atoms with Crippen molar-refractivity contribution in [1.82, 2.24) is 5.32 Å². The van der Waals surface area contributed by atoms with E-state index in [4.69, 9.17) is 9.47 Å². The van der Waals surface area contributed by atoms with Gasteiger partial charge >= 0.3 is 12.1 Å². The number of nitrogens with one attached hydrogen (secondary N) is 1. The predicted octanol–water partition coefficient (Wildman–Crippen LogP) is 4.23. The molecule has 0 saturated heterocycles. The number of esters is 1. The van der Waals surface area contributed by atoms with Gasteiger partial charge in [0.25, 0.3) is 0 Å². The third-order valence-corrected chi connectivity index (χ3v) is 3.53. The monoisotopic (exact) mass is 399 g/mol. The Morgan fingerprint density at radius 3 is 2.38 bits per heavy atom. The van der Waals surface area contributed by atoms with Crippen molar-refractivity contribution >= 4 is 28.0 Å². The summed E-state index contributed by atoms with van der Waals surface area (Å²) in [6.07, 6.45) is 0.860. The first-order chi connectivity index (χ1) is 11.2. The van der Waals surface area contributed by atoms with Gasteiger partial charge in [0, 0.05) is 10.5 Å². The third kappa shape index (κ3) is 8.91. The van der Waals surface area contributed by atoms with Crippen molar-refractivity contribution in [3.63, 3.8) is 0 Å². The van der Waals surface area contributed by atoms with Crippen LogP contribution in [0.2, 0.25) is 0 Å². The van der Waals surface area contributed by atoms with Crippen LogP contribution in [-0.2, 0) is 20.7 Å². The SMILES string of the molecule is CCCOC(=O)C[C@@H](Cc1ccc(Br)cc1)NC(=O)OC(C)(C)C. The molecule has 1 aromatic carbocycles. The van der Waals surface area contributed by atoms with Gasteiger partial charge in [-0.05, 0) is 51.3 Å². The van der Waals surface area contributed by atoms with Crippen molar-refractivity contribution < 1.29 is 19.1 Å². The van der Waals surface area contributed by atoms with Crippen molar-refractivity contribution in [2.75, 3.05) is 6.61 Å². The highest BCUT2D eigenvalue weighted by atomic mass is 79.9. The molecule has 0 saturated carbocycles. The largest absolute Gasteiger partial charge is 0.466 e. The molecule has 1 atom stereocenters. The fourth-order valence-electron chi connectivity index (χ4n) is 2.03. The predicted molar refractivity (Wildman–Crippen MR) is 96.9 cm³/mol. The second-order valence-corrected chi connectivity index (χ2v) is 7.51. The number of benzene rings is 1. The molecule has 24 heavy (non-hydrogen) atoms. The van der Waals surface area contributed by atoms with Gasteiger partial charge in [-0.3, -0.25) is 4.79 Å². The zero-order chi connectivity index (χ0) is 18.2. The van der Waals surface area contributed by atoms with E-state index in [2.05, 4.69) is 21.2 Å². The molecule has 0 radical (unpaired) electrons. The molecule has 0 heterocycles. The molecule has 1 amide bonds. The second-order valence-electron chi connectivity index (χ2n) is 6.60. The molecule has 0 fully saturated rings. The molecule has 0 unspecified atom stereocenters. The number of hydrogen-bond acceptors (Lipinski definition) is 4. The smallest absolute Gasteiger partial charge is 0.407 e. The summed E-state index contributed by atoms with van der Waals surface area (Å²) in [5.74, 6) is -0.324. The molecule has 0 bridgehead atoms. The molecule has 134 valence electrons. The van der Waals surface area contributed by atoms with Gasteiger partial charge in [-0.2, -0.15) is 0 Å². The Kier molecular flexibility index (Phi) is 8.25. The zero-order valence-corrected chi connectivity index (χ0v) is 16.3. The van der Waals surface area contributed by atoms with Gasteiger partial charge in [-0.15, -0.1) is 0 Å². The number of halogens is 1. The fraction of sp³-hybridized carbons (Fsp3) is 0.556. The number of carbonyl (C=O) groups is 2. The lowest BCUT2D eigenvalue weighted by Crippen LogP contribution is -2.41. The van der Waals surface area contributed by atoms with E-state index in [1.807, 2.05) is 31.2 Å². The first kappa shape index (κ1) is 20.5. The third-order valence-electron chi connectivity index (χ3n) is 3.00. The Hall–Kier alpha value is -1.56. The second kappa shape index (κ2) is 9.67. The first-order valence-corrected chi connectivity index (χ1v) is 8.88. The van der Waals surface area contributed by atoms with Gasteiger partial charge in [0.2, 0.25) is 0 Å². The van der Waals surface area contributed by atoms with E-state index in [-0.39, 0.29) is 18.4 Å². The highest BCUT2D eigenvalue weighted by Gasteiger charge is 2.22. The van der Waals surface area contributed by atoms with Crippen LogP contribution in [-0.4, -0.2) is 30.3 Å². The average Bonchev–Trinajstić information content (AvgIpc) is 2.45. The fourth-order valence-corrected chi connectivity index (χ4v) is 2.29. The first-order valence-electron chi connectivity index (χ1n) is 8.09. The maximum Gasteiger partial charge on any atom is 0.407 e. The molecule has 1 N–H and O–H groups in total. The lowest BCUT2D eigenvalue weighted by atomic mass is 10.0. The van der Waals surface area contributed by atoms with Crippen molar-refractivity contribution in [3.05, 3.63) is 34.3 Å². The Balaban J connectivity index is 2.72. The molecular weight excluding hydrogens is 374 g/mol. The van der Waals surface area contributed by atoms with Gasteiger partial charge in [0.05, 0.1) is 13.0 Å². The van der Waals surface area contributed by atoms with Crippen LogP contribution in [0.5, 0.6) is 0 Å². The molecule has 0 aliphatic heterocycles. The van der Waals surface area contributed by atoms with Crippen LogP contribution in [0, 0.1) is 0 Å². The van der Waals surface area contributed by atoms with Crippen LogP contribution in [0.1, 0.15) is 46.1 Å². The summed E-state index contributed by atoms with van der Waals surface area (Å²) in [5.41, 5.74) is 0.428. The van der Waals surface area contributed by atoms with Crippen LogP contribution in [0.3, 0.4) is 0 Å². The average molecular weight is 400 g/mol. The molecule has 0 aromatic heterocycles. The maximum absolute atomic E-state index is 12.0. The Labute approximate surface area is 152 Å². The standard InChI is InChI=1S/C18H26BrNO4/c1-5-10-23-16(21)12-15(20-17(22)24-18(2,3)4)11-13-6-8-14(19)9-7-13/h6-9,15H,5,10-12H2,1-4H3,(H,20,22)/t15-/m1/s1. The van der Waals surface area contributed by atoms with E-state index in [1.165, 1.54) is 0 Å². The Morgan fingerprint density at radius 1 is 1.21 bits per heavy atom. The van der Waals surface area contributed by atoms with Crippen LogP contribution in [0.4, 0.5) is 4.79 Å². The van der Waals surface area contributed by atoms with Crippen molar-refractivity contribution in [1.29, 1.82) is 0 Å². The van der Waals surface area contributed by atoms with Crippen LogP contribution in [0.25, 0.3) is 0 Å². The summed E-state index contributed by atoms with van der Waals surface area (Å²) >= 11 is 3.39. The summed E-state index contributed by atoms with van der Waals surface area (Å²) in [6, 6.07) is 7.37. The van der Waals surface area contributed by atoms with Gasteiger partial charge < -0.3 is 14.8 Å². The number of amides is 1. The molecule has 1 aromatic rings. The minimum Gasteiger partial charge on any atom is -0.466 e. The van der Waals surface area contributed by atoms with Crippen molar-refractivity contribution in [2.45, 2.75) is 58.6 Å². The molecule has 5 nitrogen and oxygen atoms in total. The van der Waals surface area contributed by atoms with Crippen LogP contribution in [0.15, 0.2) is 28.7 Å². The maximum atomic E-state index is 12.0. The molecule has 0 aliphatic rings. The van der Waals surface area contributed by atoms with Gasteiger partial charge in [-0.1, -0.05) is 35.0 Å². The molecular formula is C18H26BrNO4. The van der Waals surface area contributed by atoms with Gasteiger partial charge in [-0.25, -0.2) is 4.79 Å². The van der Waals surface area contributed by atoms with Gasteiger partial charge in [0.15, 0.2) is 0 Å². The number of ether oxygens (including phenoxy) is 2. The van der Waals surface area contributed by atoms with Crippen LogP contribution < -0.4 is 5.32 Å². The molecule has 6 heteroatoms. The summed E-state index contributed by atoms with van der Waals surface area (Å²) in [7, 11) is 0. The number of alkyl carbamates (subject to hydrolysis) is 1. The molecule has 0 spiro atoms. The summed E-state index contributed by atoms with van der Waals surface area (Å²) in [6.45, 7) is 7.71. The van der Waals surface area contributed by atoms with E-state index in [9.17, 15) is 9.59 Å². The summed E-state index contributed by atoms with van der Waals surface area (Å²) in [5, 5.41) is 2.77. The quantitative estimate of drug-likeness (QED) is 0.696. The minimum atomic E-state index is -0.588. The number of hydrogen-bond donors (Lipinski definition) is 1. The summed E-state index contributed by atoms with van der Waals surface area (Å²) < 4.78 is 11.4.